The average Bonchev–Trinajstić information content (AvgIpc) is 3.21. The van der Waals surface area contributed by atoms with E-state index in [1.807, 2.05) is 30.3 Å². The molecule has 0 saturated heterocycles. The van der Waals surface area contributed by atoms with Crippen molar-refractivity contribution in [2.45, 2.75) is 18.3 Å². The van der Waals surface area contributed by atoms with Crippen molar-refractivity contribution in [1.29, 1.82) is 0 Å². The van der Waals surface area contributed by atoms with Gasteiger partial charge in [-0.05, 0) is 18.6 Å². The normalized spacial score (nSPS) is 21.6. The molecule has 2 aromatic heterocycles. The second kappa shape index (κ2) is 3.91. The van der Waals surface area contributed by atoms with Crippen molar-refractivity contribution >= 4 is 10.9 Å². The Kier molecular flexibility index (Phi) is 2.11. The first-order valence-corrected chi connectivity index (χ1v) is 7.44. The van der Waals surface area contributed by atoms with E-state index in [4.69, 9.17) is 0 Å². The maximum Gasteiger partial charge on any atom is 0.202 e. The largest absolute Gasteiger partial charge is 0.494 e. The van der Waals surface area contributed by atoms with E-state index in [9.17, 15) is 10.2 Å². The van der Waals surface area contributed by atoms with Crippen molar-refractivity contribution in [2.75, 3.05) is 0 Å². The van der Waals surface area contributed by atoms with Crippen LogP contribution in [-0.2, 0) is 0 Å². The highest BCUT2D eigenvalue weighted by molar-refractivity contribution is 5.87. The molecule has 2 bridgehead atoms. The Labute approximate surface area is 127 Å². The van der Waals surface area contributed by atoms with Gasteiger partial charge in [-0.15, -0.1) is 0 Å². The summed E-state index contributed by atoms with van der Waals surface area (Å²) in [6, 6.07) is 9.62. The molecule has 3 aromatic rings. The molecule has 2 heterocycles. The van der Waals surface area contributed by atoms with E-state index in [2.05, 4.69) is 17.1 Å². The monoisotopic (exact) mass is 290 g/mol. The number of hydrogen-bond acceptors (Lipinski definition) is 3. The van der Waals surface area contributed by atoms with Gasteiger partial charge in [0.15, 0.2) is 0 Å². The van der Waals surface area contributed by atoms with Crippen LogP contribution in [0, 0.1) is 0 Å². The topological polar surface area (TPSA) is 58.3 Å². The lowest BCUT2D eigenvalue weighted by atomic mass is 10.0. The number of hydrogen-bond donors (Lipinski definition) is 2. The summed E-state index contributed by atoms with van der Waals surface area (Å²) >= 11 is 0. The van der Waals surface area contributed by atoms with Crippen LogP contribution in [0.15, 0.2) is 48.7 Å². The summed E-state index contributed by atoms with van der Waals surface area (Å²) < 4.78 is 1.53. The summed E-state index contributed by atoms with van der Waals surface area (Å²) in [5.74, 6) is 0.718. The van der Waals surface area contributed by atoms with Gasteiger partial charge in [-0.1, -0.05) is 30.4 Å². The van der Waals surface area contributed by atoms with Crippen LogP contribution in [0.4, 0.5) is 0 Å². The van der Waals surface area contributed by atoms with Crippen LogP contribution in [0.25, 0.3) is 16.6 Å². The van der Waals surface area contributed by atoms with Gasteiger partial charge in [0.2, 0.25) is 11.8 Å². The van der Waals surface area contributed by atoms with Crippen molar-refractivity contribution in [3.63, 3.8) is 0 Å². The molecule has 0 unspecified atom stereocenters. The van der Waals surface area contributed by atoms with Crippen molar-refractivity contribution in [3.8, 4) is 17.4 Å². The number of rotatable bonds is 1. The maximum atomic E-state index is 10.7. The molecule has 2 aliphatic carbocycles. The number of para-hydroxylation sites is 1. The van der Waals surface area contributed by atoms with E-state index in [-0.39, 0.29) is 23.6 Å². The quantitative estimate of drug-likeness (QED) is 0.673. The fourth-order valence-corrected chi connectivity index (χ4v) is 3.94. The van der Waals surface area contributed by atoms with E-state index in [0.717, 1.165) is 28.5 Å². The van der Waals surface area contributed by atoms with Crippen LogP contribution in [0.3, 0.4) is 0 Å². The third-order valence-corrected chi connectivity index (χ3v) is 4.87. The number of allylic oxidation sites excluding steroid dienone is 2. The van der Waals surface area contributed by atoms with Crippen molar-refractivity contribution in [1.82, 2.24) is 9.55 Å². The molecule has 2 atom stereocenters. The van der Waals surface area contributed by atoms with Gasteiger partial charge in [0.1, 0.15) is 0 Å². The Morgan fingerprint density at radius 1 is 0.955 bits per heavy atom. The zero-order valence-electron chi connectivity index (χ0n) is 11.8. The SMILES string of the molecule is Oc1c2c(c(O)n1-c1cccc3cccnc13)[C@H]1C=C[C@@H]2C1. The number of pyridine rings is 1. The van der Waals surface area contributed by atoms with Crippen LogP contribution >= 0.6 is 0 Å². The molecule has 0 fully saturated rings. The summed E-state index contributed by atoms with van der Waals surface area (Å²) in [6.45, 7) is 0. The zero-order valence-corrected chi connectivity index (χ0v) is 11.8. The molecule has 0 radical (unpaired) electrons. The lowest BCUT2D eigenvalue weighted by Crippen LogP contribution is -1.97. The van der Waals surface area contributed by atoms with Crippen molar-refractivity contribution in [3.05, 3.63) is 59.8 Å². The molecule has 0 spiro atoms. The van der Waals surface area contributed by atoms with Crippen LogP contribution in [0.2, 0.25) is 0 Å². The summed E-state index contributed by atoms with van der Waals surface area (Å²) in [6.07, 6.45) is 6.93. The van der Waals surface area contributed by atoms with Crippen LogP contribution in [0.1, 0.15) is 29.4 Å². The van der Waals surface area contributed by atoms with E-state index in [1.54, 1.807) is 6.20 Å². The van der Waals surface area contributed by atoms with Crippen molar-refractivity contribution < 1.29 is 10.2 Å². The van der Waals surface area contributed by atoms with E-state index < -0.39 is 0 Å². The molecule has 0 amide bonds. The predicted molar refractivity (Wildman–Crippen MR) is 83.6 cm³/mol. The Morgan fingerprint density at radius 3 is 2.36 bits per heavy atom. The smallest absolute Gasteiger partial charge is 0.202 e. The van der Waals surface area contributed by atoms with Gasteiger partial charge >= 0.3 is 0 Å². The van der Waals surface area contributed by atoms with Gasteiger partial charge in [-0.25, -0.2) is 4.57 Å². The minimum absolute atomic E-state index is 0.141. The van der Waals surface area contributed by atoms with Gasteiger partial charge in [0, 0.05) is 34.5 Å². The lowest BCUT2D eigenvalue weighted by Gasteiger charge is -2.11. The second-order valence-electron chi connectivity index (χ2n) is 6.00. The first kappa shape index (κ1) is 11.9. The van der Waals surface area contributed by atoms with Gasteiger partial charge < -0.3 is 10.2 Å². The Bertz CT molecular complexity index is 914. The first-order valence-electron chi connectivity index (χ1n) is 7.44. The van der Waals surface area contributed by atoms with Gasteiger partial charge in [0.25, 0.3) is 0 Å². The number of aromatic hydroxyl groups is 2. The molecule has 1 aromatic carbocycles. The highest BCUT2D eigenvalue weighted by Crippen LogP contribution is 2.57. The Morgan fingerprint density at radius 2 is 1.64 bits per heavy atom. The molecule has 0 saturated carbocycles. The molecule has 0 aliphatic heterocycles. The van der Waals surface area contributed by atoms with Gasteiger partial charge in [0.05, 0.1) is 11.2 Å². The first-order chi connectivity index (χ1) is 10.8. The van der Waals surface area contributed by atoms with E-state index in [1.165, 1.54) is 4.57 Å². The third-order valence-electron chi connectivity index (χ3n) is 4.87. The molecule has 108 valence electrons. The Hall–Kier alpha value is -2.75. The van der Waals surface area contributed by atoms with Crippen LogP contribution in [-0.4, -0.2) is 19.8 Å². The fraction of sp³-hybridized carbons (Fsp3) is 0.167. The lowest BCUT2D eigenvalue weighted by molar-refractivity contribution is 0.396. The minimum atomic E-state index is 0.141. The van der Waals surface area contributed by atoms with E-state index in [0.29, 0.717) is 5.69 Å². The Balaban J connectivity index is 1.84. The summed E-state index contributed by atoms with van der Waals surface area (Å²) in [7, 11) is 0. The summed E-state index contributed by atoms with van der Waals surface area (Å²) in [5, 5.41) is 22.4. The average molecular weight is 290 g/mol. The molecule has 22 heavy (non-hydrogen) atoms. The zero-order chi connectivity index (χ0) is 14.8. The molecule has 4 heteroatoms. The second-order valence-corrected chi connectivity index (χ2v) is 6.00. The fourth-order valence-electron chi connectivity index (χ4n) is 3.94. The van der Waals surface area contributed by atoms with Crippen molar-refractivity contribution in [2.24, 2.45) is 0 Å². The molecular weight excluding hydrogens is 276 g/mol. The molecule has 5 rings (SSSR count). The van der Waals surface area contributed by atoms with Gasteiger partial charge in [-0.3, -0.25) is 4.98 Å². The maximum absolute atomic E-state index is 10.7. The standard InChI is InChI=1S/C18H14N2O2/c21-17-14-11-6-7-12(9-11)15(14)18(22)20(17)13-5-1-3-10-4-2-8-19-16(10)13/h1-8,11-12,21-22H,9H2/t11-,12+. The number of benzene rings is 1. The number of fused-ring (bicyclic) bond motifs is 6. The third kappa shape index (κ3) is 1.30. The number of aromatic nitrogens is 2. The highest BCUT2D eigenvalue weighted by atomic mass is 16.3. The number of nitrogens with zero attached hydrogens (tertiary/aromatic N) is 2. The molecule has 2 aliphatic rings. The molecule has 2 N–H and O–H groups in total. The highest BCUT2D eigenvalue weighted by Gasteiger charge is 2.41. The molecular formula is C18H14N2O2. The van der Waals surface area contributed by atoms with Gasteiger partial charge in [-0.2, -0.15) is 0 Å². The van der Waals surface area contributed by atoms with E-state index >= 15 is 0 Å². The van der Waals surface area contributed by atoms with Crippen LogP contribution < -0.4 is 0 Å². The minimum Gasteiger partial charge on any atom is -0.494 e. The summed E-state index contributed by atoms with van der Waals surface area (Å²) in [4.78, 5) is 4.42. The predicted octanol–water partition coefficient (Wildman–Crippen LogP) is 3.58. The molecule has 4 nitrogen and oxygen atoms in total. The van der Waals surface area contributed by atoms with Crippen LogP contribution in [0.5, 0.6) is 11.8 Å². The summed E-state index contributed by atoms with van der Waals surface area (Å²) in [5.41, 5.74) is 3.22.